The Morgan fingerprint density at radius 2 is 2.05 bits per heavy atom. The second kappa shape index (κ2) is 6.42. The molecule has 0 saturated heterocycles. The molecule has 0 aromatic heterocycles. The third kappa shape index (κ3) is 3.50. The Bertz CT molecular complexity index is 453. The van der Waals surface area contributed by atoms with Crippen molar-refractivity contribution in [2.75, 3.05) is 5.33 Å². The molecular formula is C15H20BrNO2. The molecule has 1 aliphatic carbocycles. The molecule has 0 heterocycles. The van der Waals surface area contributed by atoms with Gasteiger partial charge in [-0.15, -0.1) is 0 Å². The highest BCUT2D eigenvalue weighted by molar-refractivity contribution is 9.09. The third-order valence-electron chi connectivity index (χ3n) is 3.88. The number of benzene rings is 1. The lowest BCUT2D eigenvalue weighted by atomic mass is 9.87. The number of carbonyl (C=O) groups excluding carboxylic acids is 1. The van der Waals surface area contributed by atoms with Crippen molar-refractivity contribution in [3.05, 3.63) is 29.3 Å². The van der Waals surface area contributed by atoms with E-state index in [-0.39, 0.29) is 17.7 Å². The Morgan fingerprint density at radius 1 is 1.37 bits per heavy atom. The van der Waals surface area contributed by atoms with Crippen molar-refractivity contribution in [1.82, 2.24) is 5.32 Å². The van der Waals surface area contributed by atoms with E-state index >= 15 is 0 Å². The Hall–Kier alpha value is -1.03. The molecular weight excluding hydrogens is 306 g/mol. The SMILES string of the molecule is Cc1cccc(C(=O)NC2CCC(CBr)CC2)c1O. The Kier molecular flexibility index (Phi) is 4.86. The Balaban J connectivity index is 1.96. The molecule has 4 heteroatoms. The minimum atomic E-state index is -0.163. The van der Waals surface area contributed by atoms with Crippen LogP contribution in [0.3, 0.4) is 0 Å². The van der Waals surface area contributed by atoms with Crippen LogP contribution in [0.4, 0.5) is 0 Å². The number of rotatable bonds is 3. The summed E-state index contributed by atoms with van der Waals surface area (Å²) in [5, 5.41) is 14.0. The van der Waals surface area contributed by atoms with Crippen LogP contribution in [-0.2, 0) is 0 Å². The Labute approximate surface area is 122 Å². The van der Waals surface area contributed by atoms with E-state index in [4.69, 9.17) is 0 Å². The molecule has 0 bridgehead atoms. The van der Waals surface area contributed by atoms with Crippen LogP contribution in [-0.4, -0.2) is 22.4 Å². The molecule has 1 amide bonds. The summed E-state index contributed by atoms with van der Waals surface area (Å²) in [5.41, 5.74) is 1.11. The van der Waals surface area contributed by atoms with E-state index in [1.54, 1.807) is 25.1 Å². The van der Waals surface area contributed by atoms with Crippen LogP contribution < -0.4 is 5.32 Å². The predicted molar refractivity (Wildman–Crippen MR) is 79.9 cm³/mol. The van der Waals surface area contributed by atoms with Crippen molar-refractivity contribution in [3.8, 4) is 5.75 Å². The van der Waals surface area contributed by atoms with Crippen LogP contribution in [0.25, 0.3) is 0 Å². The zero-order valence-electron chi connectivity index (χ0n) is 11.2. The summed E-state index contributed by atoms with van der Waals surface area (Å²) in [6, 6.07) is 5.50. The minimum absolute atomic E-state index is 0.0918. The smallest absolute Gasteiger partial charge is 0.255 e. The van der Waals surface area contributed by atoms with Crippen molar-refractivity contribution in [1.29, 1.82) is 0 Å². The molecule has 3 nitrogen and oxygen atoms in total. The van der Waals surface area contributed by atoms with E-state index in [9.17, 15) is 9.90 Å². The molecule has 1 fully saturated rings. The highest BCUT2D eigenvalue weighted by Crippen LogP contribution is 2.27. The molecule has 1 aliphatic rings. The lowest BCUT2D eigenvalue weighted by Gasteiger charge is -2.28. The molecule has 19 heavy (non-hydrogen) atoms. The number of phenolic OH excluding ortho intramolecular Hbond substituents is 1. The fourth-order valence-electron chi connectivity index (χ4n) is 2.57. The molecule has 0 atom stereocenters. The number of phenols is 1. The summed E-state index contributed by atoms with van der Waals surface area (Å²) < 4.78 is 0. The molecule has 2 N–H and O–H groups in total. The van der Waals surface area contributed by atoms with Gasteiger partial charge in [-0.25, -0.2) is 0 Å². The summed E-state index contributed by atoms with van der Waals surface area (Å²) in [4.78, 5) is 12.2. The maximum atomic E-state index is 12.2. The number of para-hydroxylation sites is 1. The molecule has 1 aromatic rings. The summed E-state index contributed by atoms with van der Waals surface area (Å²) in [7, 11) is 0. The molecule has 1 aromatic carbocycles. The summed E-state index contributed by atoms with van der Waals surface area (Å²) in [6.45, 7) is 1.80. The molecule has 0 radical (unpaired) electrons. The van der Waals surface area contributed by atoms with Gasteiger partial charge >= 0.3 is 0 Å². The first-order valence-corrected chi connectivity index (χ1v) is 7.89. The van der Waals surface area contributed by atoms with E-state index in [1.807, 2.05) is 0 Å². The van der Waals surface area contributed by atoms with Gasteiger partial charge in [0.15, 0.2) is 0 Å². The maximum absolute atomic E-state index is 12.2. The number of carbonyl (C=O) groups is 1. The number of halogens is 1. The molecule has 104 valence electrons. The monoisotopic (exact) mass is 325 g/mol. The van der Waals surface area contributed by atoms with E-state index in [0.717, 1.165) is 42.5 Å². The zero-order valence-corrected chi connectivity index (χ0v) is 12.7. The first-order chi connectivity index (χ1) is 9.11. The number of aryl methyl sites for hydroxylation is 1. The fourth-order valence-corrected chi connectivity index (χ4v) is 3.21. The number of aromatic hydroxyl groups is 1. The van der Waals surface area contributed by atoms with Crippen molar-refractivity contribution in [2.45, 2.75) is 38.6 Å². The van der Waals surface area contributed by atoms with Gasteiger partial charge in [0.05, 0.1) is 5.56 Å². The normalized spacial score (nSPS) is 23.1. The van der Waals surface area contributed by atoms with Crippen LogP contribution in [0.2, 0.25) is 0 Å². The third-order valence-corrected chi connectivity index (χ3v) is 4.80. The highest BCUT2D eigenvalue weighted by Gasteiger charge is 2.23. The lowest BCUT2D eigenvalue weighted by Crippen LogP contribution is -2.37. The summed E-state index contributed by atoms with van der Waals surface area (Å²) >= 11 is 3.52. The molecule has 1 saturated carbocycles. The van der Waals surface area contributed by atoms with Crippen molar-refractivity contribution < 1.29 is 9.90 Å². The van der Waals surface area contributed by atoms with Crippen molar-refractivity contribution in [3.63, 3.8) is 0 Å². The van der Waals surface area contributed by atoms with E-state index < -0.39 is 0 Å². The number of alkyl halides is 1. The van der Waals surface area contributed by atoms with Crippen LogP contribution in [0.15, 0.2) is 18.2 Å². The Morgan fingerprint density at radius 3 is 2.68 bits per heavy atom. The average molecular weight is 326 g/mol. The van der Waals surface area contributed by atoms with Gasteiger partial charge in [0.2, 0.25) is 0 Å². The number of amides is 1. The highest BCUT2D eigenvalue weighted by atomic mass is 79.9. The largest absolute Gasteiger partial charge is 0.507 e. The number of hydrogen-bond donors (Lipinski definition) is 2. The van der Waals surface area contributed by atoms with Gasteiger partial charge in [0.25, 0.3) is 5.91 Å². The minimum Gasteiger partial charge on any atom is -0.507 e. The quantitative estimate of drug-likeness (QED) is 0.837. The zero-order chi connectivity index (χ0) is 13.8. The van der Waals surface area contributed by atoms with Gasteiger partial charge in [0, 0.05) is 11.4 Å². The number of nitrogens with one attached hydrogen (secondary N) is 1. The fraction of sp³-hybridized carbons (Fsp3) is 0.533. The van der Waals surface area contributed by atoms with Gasteiger partial charge in [-0.3, -0.25) is 4.79 Å². The molecule has 0 spiro atoms. The predicted octanol–water partition coefficient (Wildman–Crippen LogP) is 3.38. The van der Waals surface area contributed by atoms with E-state index in [2.05, 4.69) is 21.2 Å². The average Bonchev–Trinajstić information content (AvgIpc) is 2.42. The van der Waals surface area contributed by atoms with Crippen LogP contribution >= 0.6 is 15.9 Å². The second-order valence-electron chi connectivity index (χ2n) is 5.32. The van der Waals surface area contributed by atoms with Gasteiger partial charge in [0.1, 0.15) is 5.75 Å². The van der Waals surface area contributed by atoms with Crippen LogP contribution in [0, 0.1) is 12.8 Å². The van der Waals surface area contributed by atoms with Crippen molar-refractivity contribution >= 4 is 21.8 Å². The van der Waals surface area contributed by atoms with Crippen molar-refractivity contribution in [2.24, 2.45) is 5.92 Å². The topological polar surface area (TPSA) is 49.3 Å². The van der Waals surface area contributed by atoms with Crippen LogP contribution in [0.5, 0.6) is 5.75 Å². The van der Waals surface area contributed by atoms with Gasteiger partial charge in [-0.2, -0.15) is 0 Å². The summed E-state index contributed by atoms with van der Waals surface area (Å²) in [6.07, 6.45) is 4.34. The van der Waals surface area contributed by atoms with Gasteiger partial charge in [-0.05, 0) is 50.2 Å². The van der Waals surface area contributed by atoms with Gasteiger partial charge < -0.3 is 10.4 Å². The number of hydrogen-bond acceptors (Lipinski definition) is 2. The molecule has 2 rings (SSSR count). The second-order valence-corrected chi connectivity index (χ2v) is 5.96. The molecule has 0 aliphatic heterocycles. The standard InChI is InChI=1S/C15H20BrNO2/c1-10-3-2-4-13(14(10)18)15(19)17-12-7-5-11(9-16)6-8-12/h2-4,11-12,18H,5-9H2,1H3,(H,17,19). The van der Waals surface area contributed by atoms with E-state index in [1.165, 1.54) is 0 Å². The first-order valence-electron chi connectivity index (χ1n) is 6.77. The first kappa shape index (κ1) is 14.4. The maximum Gasteiger partial charge on any atom is 0.255 e. The van der Waals surface area contributed by atoms with Gasteiger partial charge in [-0.1, -0.05) is 28.1 Å². The lowest BCUT2D eigenvalue weighted by molar-refractivity contribution is 0.0920. The molecule has 0 unspecified atom stereocenters. The van der Waals surface area contributed by atoms with E-state index in [0.29, 0.717) is 5.56 Å². The van der Waals surface area contributed by atoms with Crippen LogP contribution in [0.1, 0.15) is 41.6 Å². The summed E-state index contributed by atoms with van der Waals surface area (Å²) in [5.74, 6) is 0.665.